The van der Waals surface area contributed by atoms with E-state index in [4.69, 9.17) is 0 Å². The average Bonchev–Trinajstić information content (AvgIpc) is 2.84. The molecule has 1 saturated carbocycles. The average molecular weight is 165 g/mol. The first-order valence-corrected chi connectivity index (χ1v) is 4.45. The van der Waals surface area contributed by atoms with Crippen molar-refractivity contribution in [1.82, 2.24) is 5.32 Å². The third-order valence-electron chi connectivity index (χ3n) is 1.91. The van der Waals surface area contributed by atoms with Gasteiger partial charge in [0.05, 0.1) is 13.0 Å². The van der Waals surface area contributed by atoms with E-state index in [9.17, 15) is 4.79 Å². The van der Waals surface area contributed by atoms with Crippen molar-refractivity contribution in [1.29, 1.82) is 0 Å². The van der Waals surface area contributed by atoms with Crippen LogP contribution < -0.4 is 5.32 Å². The van der Waals surface area contributed by atoms with Gasteiger partial charge in [-0.1, -0.05) is 5.92 Å². The summed E-state index contributed by atoms with van der Waals surface area (Å²) in [5.74, 6) is 6.52. The first-order chi connectivity index (χ1) is 5.83. The van der Waals surface area contributed by atoms with Crippen LogP contribution in [-0.2, 0) is 4.79 Å². The summed E-state index contributed by atoms with van der Waals surface area (Å²) in [5, 5.41) is 3.14. The van der Waals surface area contributed by atoms with Crippen LogP contribution in [0.1, 0.15) is 26.2 Å². The molecule has 0 aliphatic heterocycles. The zero-order valence-corrected chi connectivity index (χ0v) is 7.52. The SMILES string of the molecule is CC#CCC(=O)CNCC1CC1. The lowest BCUT2D eigenvalue weighted by molar-refractivity contribution is -0.117. The Morgan fingerprint density at radius 3 is 2.92 bits per heavy atom. The molecule has 0 unspecified atom stereocenters. The number of hydrogen-bond donors (Lipinski definition) is 1. The first kappa shape index (κ1) is 9.28. The van der Waals surface area contributed by atoms with Gasteiger partial charge in [0.15, 0.2) is 5.78 Å². The second-order valence-corrected chi connectivity index (χ2v) is 3.22. The number of carbonyl (C=O) groups excluding carboxylic acids is 1. The number of carbonyl (C=O) groups is 1. The largest absolute Gasteiger partial charge is 0.310 e. The normalized spacial score (nSPS) is 15.1. The van der Waals surface area contributed by atoms with Gasteiger partial charge in [0, 0.05) is 0 Å². The number of nitrogens with one attached hydrogen (secondary N) is 1. The minimum atomic E-state index is 0.199. The van der Waals surface area contributed by atoms with E-state index in [1.54, 1.807) is 6.92 Å². The highest BCUT2D eigenvalue weighted by Crippen LogP contribution is 2.27. The first-order valence-electron chi connectivity index (χ1n) is 4.45. The molecule has 2 nitrogen and oxygen atoms in total. The van der Waals surface area contributed by atoms with Crippen molar-refractivity contribution in [3.05, 3.63) is 0 Å². The van der Waals surface area contributed by atoms with E-state index in [1.807, 2.05) is 0 Å². The van der Waals surface area contributed by atoms with E-state index in [0.29, 0.717) is 13.0 Å². The minimum Gasteiger partial charge on any atom is -0.310 e. The Bertz CT molecular complexity index is 208. The molecular weight excluding hydrogens is 150 g/mol. The highest BCUT2D eigenvalue weighted by molar-refractivity contribution is 5.82. The third kappa shape index (κ3) is 4.15. The molecular formula is C10H15NO. The van der Waals surface area contributed by atoms with Gasteiger partial charge in [-0.2, -0.15) is 0 Å². The van der Waals surface area contributed by atoms with Gasteiger partial charge in [-0.25, -0.2) is 0 Å². The van der Waals surface area contributed by atoms with Gasteiger partial charge in [0.25, 0.3) is 0 Å². The number of hydrogen-bond acceptors (Lipinski definition) is 2. The van der Waals surface area contributed by atoms with E-state index in [0.717, 1.165) is 12.5 Å². The molecule has 12 heavy (non-hydrogen) atoms. The lowest BCUT2D eigenvalue weighted by Gasteiger charge is -1.99. The molecule has 0 radical (unpaired) electrons. The summed E-state index contributed by atoms with van der Waals surface area (Å²) in [4.78, 5) is 11.0. The predicted octanol–water partition coefficient (Wildman–Crippen LogP) is 0.968. The molecule has 0 aromatic rings. The topological polar surface area (TPSA) is 29.1 Å². The van der Waals surface area contributed by atoms with Crippen molar-refractivity contribution in [2.45, 2.75) is 26.2 Å². The Balaban J connectivity index is 1.95. The van der Waals surface area contributed by atoms with Crippen molar-refractivity contribution in [2.75, 3.05) is 13.1 Å². The summed E-state index contributed by atoms with van der Waals surface area (Å²) in [7, 11) is 0. The van der Waals surface area contributed by atoms with Crippen LogP contribution >= 0.6 is 0 Å². The fourth-order valence-electron chi connectivity index (χ4n) is 0.987. The molecule has 0 spiro atoms. The van der Waals surface area contributed by atoms with Gasteiger partial charge in [-0.15, -0.1) is 5.92 Å². The molecule has 1 aliphatic carbocycles. The van der Waals surface area contributed by atoms with Crippen LogP contribution in [0.15, 0.2) is 0 Å². The summed E-state index contributed by atoms with van der Waals surface area (Å²) in [6.45, 7) is 3.25. The molecule has 1 rings (SSSR count). The maximum atomic E-state index is 11.0. The molecule has 0 amide bonds. The smallest absolute Gasteiger partial charge is 0.158 e. The van der Waals surface area contributed by atoms with Gasteiger partial charge in [0.2, 0.25) is 0 Å². The molecule has 0 heterocycles. The van der Waals surface area contributed by atoms with E-state index in [-0.39, 0.29) is 5.78 Å². The van der Waals surface area contributed by atoms with Crippen molar-refractivity contribution in [2.24, 2.45) is 5.92 Å². The molecule has 0 aromatic heterocycles. The summed E-state index contributed by atoms with van der Waals surface area (Å²) >= 11 is 0. The fourth-order valence-corrected chi connectivity index (χ4v) is 0.987. The molecule has 0 saturated heterocycles. The Hall–Kier alpha value is -0.810. The lowest BCUT2D eigenvalue weighted by atomic mass is 10.3. The van der Waals surface area contributed by atoms with Gasteiger partial charge in [-0.05, 0) is 32.2 Å². The second kappa shape index (κ2) is 4.95. The molecule has 0 atom stereocenters. The Labute approximate surface area is 73.7 Å². The van der Waals surface area contributed by atoms with Gasteiger partial charge in [0.1, 0.15) is 0 Å². The molecule has 66 valence electrons. The van der Waals surface area contributed by atoms with Gasteiger partial charge in [-0.3, -0.25) is 4.79 Å². The fraction of sp³-hybridized carbons (Fsp3) is 0.700. The van der Waals surface area contributed by atoms with E-state index in [2.05, 4.69) is 17.2 Å². The van der Waals surface area contributed by atoms with E-state index in [1.165, 1.54) is 12.8 Å². The van der Waals surface area contributed by atoms with Crippen LogP contribution in [0.2, 0.25) is 0 Å². The van der Waals surface area contributed by atoms with E-state index >= 15 is 0 Å². The van der Waals surface area contributed by atoms with Gasteiger partial charge < -0.3 is 5.32 Å². The highest BCUT2D eigenvalue weighted by atomic mass is 16.1. The monoisotopic (exact) mass is 165 g/mol. The highest BCUT2D eigenvalue weighted by Gasteiger charge is 2.20. The van der Waals surface area contributed by atoms with Crippen LogP contribution in [-0.4, -0.2) is 18.9 Å². The van der Waals surface area contributed by atoms with Crippen LogP contribution in [0, 0.1) is 17.8 Å². The standard InChI is InChI=1S/C10H15NO/c1-2-3-4-10(12)8-11-7-9-5-6-9/h9,11H,4-8H2,1H3. The Morgan fingerprint density at radius 1 is 1.58 bits per heavy atom. The van der Waals surface area contributed by atoms with Gasteiger partial charge >= 0.3 is 0 Å². The number of rotatable bonds is 5. The molecule has 1 N–H and O–H groups in total. The maximum Gasteiger partial charge on any atom is 0.158 e. The van der Waals surface area contributed by atoms with Crippen molar-refractivity contribution in [3.8, 4) is 11.8 Å². The number of ketones is 1. The lowest BCUT2D eigenvalue weighted by Crippen LogP contribution is -2.24. The van der Waals surface area contributed by atoms with E-state index < -0.39 is 0 Å². The molecule has 0 bridgehead atoms. The van der Waals surface area contributed by atoms with Crippen molar-refractivity contribution < 1.29 is 4.79 Å². The molecule has 1 fully saturated rings. The van der Waals surface area contributed by atoms with Crippen molar-refractivity contribution in [3.63, 3.8) is 0 Å². The summed E-state index contributed by atoms with van der Waals surface area (Å²) in [6, 6.07) is 0. The molecule has 1 aliphatic rings. The maximum absolute atomic E-state index is 11.0. The molecule has 2 heteroatoms. The summed E-state index contributed by atoms with van der Waals surface area (Å²) in [5.41, 5.74) is 0. The zero-order chi connectivity index (χ0) is 8.81. The Morgan fingerprint density at radius 2 is 2.33 bits per heavy atom. The number of Topliss-reactive ketones (excluding diaryl/α,β-unsaturated/α-hetero) is 1. The Kier molecular flexibility index (Phi) is 3.83. The van der Waals surface area contributed by atoms with Crippen LogP contribution in [0.5, 0.6) is 0 Å². The summed E-state index contributed by atoms with van der Waals surface area (Å²) < 4.78 is 0. The quantitative estimate of drug-likeness (QED) is 0.615. The minimum absolute atomic E-state index is 0.199. The molecule has 0 aromatic carbocycles. The second-order valence-electron chi connectivity index (χ2n) is 3.22. The zero-order valence-electron chi connectivity index (χ0n) is 7.52. The third-order valence-corrected chi connectivity index (χ3v) is 1.91. The van der Waals surface area contributed by atoms with Crippen LogP contribution in [0.3, 0.4) is 0 Å². The summed E-state index contributed by atoms with van der Waals surface area (Å²) in [6.07, 6.45) is 3.06. The van der Waals surface area contributed by atoms with Crippen LogP contribution in [0.25, 0.3) is 0 Å². The predicted molar refractivity (Wildman–Crippen MR) is 48.7 cm³/mol. The van der Waals surface area contributed by atoms with Crippen molar-refractivity contribution >= 4 is 5.78 Å². The van der Waals surface area contributed by atoms with Crippen LogP contribution in [0.4, 0.5) is 0 Å².